The summed E-state index contributed by atoms with van der Waals surface area (Å²) in [5.74, 6) is -0.103. The minimum Gasteiger partial charge on any atom is -0.468 e. The molecule has 0 unspecified atom stereocenters. The summed E-state index contributed by atoms with van der Waals surface area (Å²) in [6.07, 6.45) is 3.55. The van der Waals surface area contributed by atoms with Crippen molar-refractivity contribution in [1.29, 1.82) is 0 Å². The zero-order valence-electron chi connectivity index (χ0n) is 8.57. The number of esters is 1. The van der Waals surface area contributed by atoms with E-state index in [1.54, 1.807) is 0 Å². The minimum atomic E-state index is -0.103. The quantitative estimate of drug-likeness (QED) is 0.617. The molecule has 0 bridgehead atoms. The second-order valence-corrected chi connectivity index (χ2v) is 3.96. The van der Waals surface area contributed by atoms with Crippen molar-refractivity contribution in [2.75, 3.05) is 26.8 Å². The van der Waals surface area contributed by atoms with E-state index in [9.17, 15) is 4.79 Å². The summed E-state index contributed by atoms with van der Waals surface area (Å²) in [5, 5.41) is 0. The first-order valence-corrected chi connectivity index (χ1v) is 5.24. The molecule has 0 aromatic rings. The van der Waals surface area contributed by atoms with Gasteiger partial charge in [0.25, 0.3) is 0 Å². The predicted molar refractivity (Wildman–Crippen MR) is 51.0 cm³/mol. The normalized spacial score (nSPS) is 32.6. The van der Waals surface area contributed by atoms with Gasteiger partial charge in [0.1, 0.15) is 6.04 Å². The van der Waals surface area contributed by atoms with Crippen molar-refractivity contribution in [2.24, 2.45) is 0 Å². The number of methoxy groups -OCH3 is 1. The molecule has 80 valence electrons. The van der Waals surface area contributed by atoms with Gasteiger partial charge in [0, 0.05) is 19.7 Å². The third-order valence-electron chi connectivity index (χ3n) is 3.07. The molecule has 2 rings (SSSR count). The molecular weight excluding hydrogens is 182 g/mol. The summed E-state index contributed by atoms with van der Waals surface area (Å²) < 4.78 is 10.3. The van der Waals surface area contributed by atoms with E-state index in [2.05, 4.69) is 4.90 Å². The highest BCUT2D eigenvalue weighted by Gasteiger charge is 2.36. The number of ether oxygens (including phenoxy) is 2. The largest absolute Gasteiger partial charge is 0.468 e. The lowest BCUT2D eigenvalue weighted by Crippen LogP contribution is -2.54. The predicted octanol–water partition coefficient (Wildman–Crippen LogP) is 0.413. The molecule has 0 aromatic heterocycles. The lowest BCUT2D eigenvalue weighted by atomic mass is 10.0. The zero-order valence-corrected chi connectivity index (χ0v) is 8.57. The maximum atomic E-state index is 11.3. The topological polar surface area (TPSA) is 38.8 Å². The summed E-state index contributed by atoms with van der Waals surface area (Å²) in [4.78, 5) is 13.4. The molecule has 2 heterocycles. The number of hydrogen-bond donors (Lipinski definition) is 0. The van der Waals surface area contributed by atoms with E-state index in [1.807, 2.05) is 0 Å². The van der Waals surface area contributed by atoms with Crippen molar-refractivity contribution in [3.63, 3.8) is 0 Å². The van der Waals surface area contributed by atoms with Crippen LogP contribution in [0.1, 0.15) is 19.3 Å². The van der Waals surface area contributed by atoms with Crippen LogP contribution < -0.4 is 0 Å². The van der Waals surface area contributed by atoms with E-state index in [0.717, 1.165) is 39.0 Å². The number of carbonyl (C=O) groups excluding carboxylic acids is 1. The molecule has 2 aliphatic rings. The summed E-state index contributed by atoms with van der Waals surface area (Å²) in [5.41, 5.74) is 0. The summed E-state index contributed by atoms with van der Waals surface area (Å²) in [6.45, 7) is 2.76. The lowest BCUT2D eigenvalue weighted by molar-refractivity contribution is -0.152. The first-order valence-electron chi connectivity index (χ1n) is 5.24. The van der Waals surface area contributed by atoms with Gasteiger partial charge in [-0.2, -0.15) is 0 Å². The van der Waals surface area contributed by atoms with E-state index < -0.39 is 0 Å². The molecule has 14 heavy (non-hydrogen) atoms. The number of nitrogens with zero attached hydrogens (tertiary/aromatic N) is 1. The van der Waals surface area contributed by atoms with Gasteiger partial charge in [-0.3, -0.25) is 9.69 Å². The van der Waals surface area contributed by atoms with Gasteiger partial charge in [0.2, 0.25) is 0 Å². The second-order valence-electron chi connectivity index (χ2n) is 3.96. The fourth-order valence-electron chi connectivity index (χ4n) is 2.11. The van der Waals surface area contributed by atoms with Crippen molar-refractivity contribution in [3.8, 4) is 0 Å². The third kappa shape index (κ3) is 1.91. The van der Waals surface area contributed by atoms with E-state index in [1.165, 1.54) is 7.11 Å². The Kier molecular flexibility index (Phi) is 3.03. The highest BCUT2D eigenvalue weighted by Crippen LogP contribution is 2.22. The van der Waals surface area contributed by atoms with Crippen molar-refractivity contribution in [2.45, 2.75) is 31.4 Å². The first-order chi connectivity index (χ1) is 6.81. The molecule has 0 saturated carbocycles. The van der Waals surface area contributed by atoms with E-state index in [-0.39, 0.29) is 12.0 Å². The van der Waals surface area contributed by atoms with Gasteiger partial charge in [-0.25, -0.2) is 0 Å². The van der Waals surface area contributed by atoms with Crippen LogP contribution in [0.3, 0.4) is 0 Å². The average Bonchev–Trinajstić information content (AvgIpc) is 2.64. The van der Waals surface area contributed by atoms with Crippen LogP contribution in [0.5, 0.6) is 0 Å². The van der Waals surface area contributed by atoms with Crippen LogP contribution in [0, 0.1) is 0 Å². The van der Waals surface area contributed by atoms with Gasteiger partial charge in [-0.15, -0.1) is 0 Å². The van der Waals surface area contributed by atoms with Gasteiger partial charge in [-0.1, -0.05) is 0 Å². The zero-order chi connectivity index (χ0) is 9.97. The SMILES string of the molecule is COC(=O)[C@@H]1CCN1C[C@@H]1CCCO1. The van der Waals surface area contributed by atoms with E-state index in [0.29, 0.717) is 6.10 Å². The van der Waals surface area contributed by atoms with Gasteiger partial charge in [0.15, 0.2) is 0 Å². The van der Waals surface area contributed by atoms with Crippen molar-refractivity contribution in [1.82, 2.24) is 4.90 Å². The van der Waals surface area contributed by atoms with E-state index in [4.69, 9.17) is 9.47 Å². The average molecular weight is 199 g/mol. The Hall–Kier alpha value is -0.610. The summed E-state index contributed by atoms with van der Waals surface area (Å²) in [7, 11) is 1.45. The Bertz CT molecular complexity index is 213. The van der Waals surface area contributed by atoms with E-state index >= 15 is 0 Å². The monoisotopic (exact) mass is 199 g/mol. The molecule has 0 N–H and O–H groups in total. The lowest BCUT2D eigenvalue weighted by Gasteiger charge is -2.39. The van der Waals surface area contributed by atoms with Crippen molar-refractivity contribution in [3.05, 3.63) is 0 Å². The Morgan fingerprint density at radius 2 is 2.43 bits per heavy atom. The highest BCUT2D eigenvalue weighted by molar-refractivity contribution is 5.76. The molecule has 2 saturated heterocycles. The maximum absolute atomic E-state index is 11.3. The summed E-state index contributed by atoms with van der Waals surface area (Å²) in [6, 6.07) is -0.0100. The van der Waals surface area contributed by atoms with Gasteiger partial charge in [-0.05, 0) is 19.3 Å². The third-order valence-corrected chi connectivity index (χ3v) is 3.07. The molecule has 0 aliphatic carbocycles. The minimum absolute atomic E-state index is 0.0100. The molecule has 0 amide bonds. The molecule has 0 spiro atoms. The highest BCUT2D eigenvalue weighted by atomic mass is 16.5. The Morgan fingerprint density at radius 3 is 2.93 bits per heavy atom. The molecule has 0 aromatic carbocycles. The van der Waals surface area contributed by atoms with Crippen molar-refractivity contribution < 1.29 is 14.3 Å². The van der Waals surface area contributed by atoms with Crippen LogP contribution in [-0.4, -0.2) is 49.8 Å². The second kappa shape index (κ2) is 4.28. The van der Waals surface area contributed by atoms with Gasteiger partial charge < -0.3 is 9.47 Å². The van der Waals surface area contributed by atoms with Gasteiger partial charge in [0.05, 0.1) is 13.2 Å². The van der Waals surface area contributed by atoms with Crippen LogP contribution in [0.2, 0.25) is 0 Å². The molecule has 4 nitrogen and oxygen atoms in total. The number of likely N-dealkylation sites (tertiary alicyclic amines) is 1. The molecule has 2 aliphatic heterocycles. The molecule has 2 fully saturated rings. The fraction of sp³-hybridized carbons (Fsp3) is 0.900. The maximum Gasteiger partial charge on any atom is 0.323 e. The molecular formula is C10H17NO3. The first kappa shape index (κ1) is 9.93. The van der Waals surface area contributed by atoms with Crippen LogP contribution in [0.25, 0.3) is 0 Å². The van der Waals surface area contributed by atoms with Crippen LogP contribution in [-0.2, 0) is 14.3 Å². The smallest absolute Gasteiger partial charge is 0.323 e. The number of rotatable bonds is 3. The van der Waals surface area contributed by atoms with Crippen molar-refractivity contribution >= 4 is 5.97 Å². The number of carbonyl (C=O) groups is 1. The number of hydrogen-bond acceptors (Lipinski definition) is 4. The van der Waals surface area contributed by atoms with Gasteiger partial charge >= 0.3 is 5.97 Å². The standard InChI is InChI=1S/C10H17NO3/c1-13-10(12)9-4-5-11(9)7-8-3-2-6-14-8/h8-9H,2-7H2,1H3/t8-,9-/m0/s1. The van der Waals surface area contributed by atoms with Crippen LogP contribution >= 0.6 is 0 Å². The molecule has 0 radical (unpaired) electrons. The molecule has 2 atom stereocenters. The Balaban J connectivity index is 1.78. The van der Waals surface area contributed by atoms with Crippen LogP contribution in [0.4, 0.5) is 0 Å². The summed E-state index contributed by atoms with van der Waals surface area (Å²) >= 11 is 0. The Labute approximate surface area is 84.2 Å². The van der Waals surface area contributed by atoms with Crippen LogP contribution in [0.15, 0.2) is 0 Å². The fourth-order valence-corrected chi connectivity index (χ4v) is 2.11. The Morgan fingerprint density at radius 1 is 1.57 bits per heavy atom. The molecule has 4 heteroatoms.